The summed E-state index contributed by atoms with van der Waals surface area (Å²) in [7, 11) is 5.50. The van der Waals surface area contributed by atoms with Crippen molar-refractivity contribution in [2.75, 3.05) is 69.0 Å². The van der Waals surface area contributed by atoms with Crippen LogP contribution in [-0.4, -0.2) is 102 Å². The average molecular weight is 548 g/mol. The number of fused-ring (bicyclic) bond motifs is 2. The molecule has 1 fully saturated rings. The number of nitrogens with zero attached hydrogens (tertiary/aromatic N) is 7. The molecular weight excluding hydrogens is 510 g/mol. The van der Waals surface area contributed by atoms with Gasteiger partial charge in [-0.1, -0.05) is 12.6 Å². The molecule has 2 aliphatic heterocycles. The normalized spacial score (nSPS) is 18.8. The molecule has 2 N–H and O–H groups in total. The number of H-pyrrole nitrogens is 1. The third-order valence-electron chi connectivity index (χ3n) is 7.74. The number of piperazine rings is 1. The fourth-order valence-electron chi connectivity index (χ4n) is 5.46. The van der Waals surface area contributed by atoms with E-state index in [-0.39, 0.29) is 23.9 Å². The molecule has 12 heteroatoms. The number of anilines is 3. The molecule has 1 saturated heterocycles. The highest BCUT2D eigenvalue weighted by Crippen LogP contribution is 2.45. The summed E-state index contributed by atoms with van der Waals surface area (Å²) in [6.45, 7) is 10.3. The Morgan fingerprint density at radius 1 is 1.25 bits per heavy atom. The second kappa shape index (κ2) is 11.0. The van der Waals surface area contributed by atoms with Crippen LogP contribution in [0.25, 0.3) is 10.9 Å². The van der Waals surface area contributed by atoms with Gasteiger partial charge in [-0.05, 0) is 37.1 Å². The van der Waals surface area contributed by atoms with Crippen LogP contribution in [-0.2, 0) is 9.59 Å². The number of aromatic nitrogens is 4. The maximum absolute atomic E-state index is 12.3. The molecular formula is C28H37N9O3. The van der Waals surface area contributed by atoms with E-state index < -0.39 is 0 Å². The second-order valence-corrected chi connectivity index (χ2v) is 10.6. The van der Waals surface area contributed by atoms with Crippen molar-refractivity contribution in [1.29, 1.82) is 0 Å². The Morgan fingerprint density at radius 3 is 2.75 bits per heavy atom. The highest BCUT2D eigenvalue weighted by atomic mass is 16.5. The summed E-state index contributed by atoms with van der Waals surface area (Å²) in [6.07, 6.45) is 3.53. The zero-order chi connectivity index (χ0) is 28.6. The Morgan fingerprint density at radius 2 is 2.02 bits per heavy atom. The first-order valence-electron chi connectivity index (χ1n) is 13.5. The molecule has 2 amide bonds. The molecule has 0 bridgehead atoms. The van der Waals surface area contributed by atoms with Crippen LogP contribution in [0, 0.1) is 6.92 Å². The number of likely N-dealkylation sites (N-methyl/N-ethyl adjacent to an activating group) is 1. The third-order valence-corrected chi connectivity index (χ3v) is 7.74. The van der Waals surface area contributed by atoms with E-state index in [9.17, 15) is 9.59 Å². The van der Waals surface area contributed by atoms with Gasteiger partial charge in [-0.3, -0.25) is 14.7 Å². The second-order valence-electron chi connectivity index (χ2n) is 10.6. The summed E-state index contributed by atoms with van der Waals surface area (Å²) in [5, 5.41) is 11.6. The van der Waals surface area contributed by atoms with E-state index in [1.54, 1.807) is 23.9 Å². The van der Waals surface area contributed by atoms with Crippen molar-refractivity contribution in [2.24, 2.45) is 0 Å². The summed E-state index contributed by atoms with van der Waals surface area (Å²) < 4.78 is 6.47. The molecule has 4 heterocycles. The van der Waals surface area contributed by atoms with Crippen LogP contribution in [0.15, 0.2) is 31.0 Å². The Kier molecular flexibility index (Phi) is 7.51. The molecule has 2 aliphatic rings. The van der Waals surface area contributed by atoms with E-state index in [0.717, 1.165) is 22.0 Å². The van der Waals surface area contributed by atoms with Crippen LogP contribution in [0.2, 0.25) is 0 Å². The van der Waals surface area contributed by atoms with E-state index in [1.807, 2.05) is 19.3 Å². The maximum Gasteiger partial charge on any atom is 0.246 e. The summed E-state index contributed by atoms with van der Waals surface area (Å²) >= 11 is 0. The molecule has 2 aromatic heterocycles. The number of hydrogen-bond acceptors (Lipinski definition) is 9. The molecule has 1 unspecified atom stereocenters. The van der Waals surface area contributed by atoms with Crippen molar-refractivity contribution in [3.05, 3.63) is 42.1 Å². The number of carbonyl (C=O) groups is 2. The Hall–Kier alpha value is -4.35. The smallest absolute Gasteiger partial charge is 0.246 e. The van der Waals surface area contributed by atoms with Crippen molar-refractivity contribution in [1.82, 2.24) is 30.0 Å². The largest absolute Gasteiger partial charge is 0.484 e. The van der Waals surface area contributed by atoms with Crippen molar-refractivity contribution < 1.29 is 14.3 Å². The molecule has 40 heavy (non-hydrogen) atoms. The molecule has 0 radical (unpaired) electrons. The van der Waals surface area contributed by atoms with Gasteiger partial charge in [0.05, 0.1) is 17.8 Å². The molecule has 5 rings (SSSR count). The minimum Gasteiger partial charge on any atom is -0.484 e. The van der Waals surface area contributed by atoms with Gasteiger partial charge in [0.25, 0.3) is 0 Å². The number of aryl methyl sites for hydroxylation is 1. The predicted molar refractivity (Wildman–Crippen MR) is 155 cm³/mol. The van der Waals surface area contributed by atoms with E-state index >= 15 is 0 Å². The third kappa shape index (κ3) is 5.01. The van der Waals surface area contributed by atoms with E-state index in [0.29, 0.717) is 62.5 Å². The van der Waals surface area contributed by atoms with Gasteiger partial charge in [0.1, 0.15) is 6.61 Å². The Bertz CT molecular complexity index is 1440. The number of rotatable bonds is 7. The fourth-order valence-corrected chi connectivity index (χ4v) is 5.46. The van der Waals surface area contributed by atoms with Gasteiger partial charge in [-0.25, -0.2) is 0 Å². The molecule has 1 aromatic carbocycles. The average Bonchev–Trinajstić information content (AvgIpc) is 3.42. The molecule has 0 aliphatic carbocycles. The van der Waals surface area contributed by atoms with Gasteiger partial charge in [0.2, 0.25) is 23.5 Å². The molecule has 0 spiro atoms. The van der Waals surface area contributed by atoms with Gasteiger partial charge in [0, 0.05) is 65.2 Å². The number of nitrogens with one attached hydrogen (secondary N) is 2. The minimum atomic E-state index is -0.0980. The summed E-state index contributed by atoms with van der Waals surface area (Å²) in [6, 6.07) is 4.02. The van der Waals surface area contributed by atoms with Crippen molar-refractivity contribution in [3.8, 4) is 5.75 Å². The number of carbonyl (C=O) groups excluding carboxylic acids is 2. The zero-order valence-electron chi connectivity index (χ0n) is 23.8. The summed E-state index contributed by atoms with van der Waals surface area (Å²) in [5.74, 6) is 2.32. The molecule has 3 aromatic rings. The lowest BCUT2D eigenvalue weighted by atomic mass is 9.96. The Labute approximate surface area is 234 Å². The van der Waals surface area contributed by atoms with E-state index in [2.05, 4.69) is 51.8 Å². The lowest BCUT2D eigenvalue weighted by molar-refractivity contribution is -0.128. The highest BCUT2D eigenvalue weighted by molar-refractivity contribution is 5.87. The zero-order valence-corrected chi connectivity index (χ0v) is 23.8. The quantitative estimate of drug-likeness (QED) is 0.429. The maximum atomic E-state index is 12.3. The molecule has 2 atom stereocenters. The van der Waals surface area contributed by atoms with Crippen molar-refractivity contribution in [2.45, 2.75) is 32.4 Å². The monoisotopic (exact) mass is 547 g/mol. The first-order valence-corrected chi connectivity index (χ1v) is 13.5. The molecule has 12 nitrogen and oxygen atoms in total. The SMILES string of the molecule is C=CC(=O)N1CCN(c2nc(NCCC(=O)N(C)C)nc3c2OCC(c2c(C)ccc4[nH]ncc24)N3C)[C@@H](C)C1. The van der Waals surface area contributed by atoms with Crippen LogP contribution in [0.1, 0.15) is 30.5 Å². The lowest BCUT2D eigenvalue weighted by Gasteiger charge is -2.42. The number of amides is 2. The number of aromatic amines is 1. The summed E-state index contributed by atoms with van der Waals surface area (Å²) in [4.78, 5) is 41.8. The topological polar surface area (TPSA) is 123 Å². The van der Waals surface area contributed by atoms with Gasteiger partial charge in [0.15, 0.2) is 11.6 Å². The predicted octanol–water partition coefficient (Wildman–Crippen LogP) is 2.34. The van der Waals surface area contributed by atoms with Crippen LogP contribution < -0.4 is 19.9 Å². The first-order chi connectivity index (χ1) is 19.2. The van der Waals surface area contributed by atoms with Crippen LogP contribution in [0.4, 0.5) is 17.6 Å². The van der Waals surface area contributed by atoms with Crippen LogP contribution in [0.3, 0.4) is 0 Å². The Balaban J connectivity index is 1.51. The van der Waals surface area contributed by atoms with Crippen molar-refractivity contribution in [3.63, 3.8) is 0 Å². The number of hydrogen-bond donors (Lipinski definition) is 2. The van der Waals surface area contributed by atoms with Gasteiger partial charge in [-0.15, -0.1) is 0 Å². The lowest BCUT2D eigenvalue weighted by Crippen LogP contribution is -2.54. The van der Waals surface area contributed by atoms with E-state index in [4.69, 9.17) is 14.7 Å². The highest BCUT2D eigenvalue weighted by Gasteiger charge is 2.36. The summed E-state index contributed by atoms with van der Waals surface area (Å²) in [5.41, 5.74) is 3.25. The van der Waals surface area contributed by atoms with Gasteiger partial charge >= 0.3 is 0 Å². The molecule has 212 valence electrons. The van der Waals surface area contributed by atoms with E-state index in [1.165, 1.54) is 6.08 Å². The minimum absolute atomic E-state index is 0.00614. The standard InChI is InChI=1S/C28H37N9O3/c1-7-22(38)36-12-13-37(18(3)15-36)27-25-26(31-28(32-27)29-11-10-23(39)34(4)5)35(6)21(16-40-25)24-17(2)8-9-20-19(24)14-30-33-20/h7-9,14,18,21H,1,10-13,15-16H2,2-6H3,(H,30,33)(H,29,31,32)/t18-,21?/m0/s1. The number of benzene rings is 1. The fraction of sp³-hybridized carbons (Fsp3) is 0.464. The molecule has 0 saturated carbocycles. The van der Waals surface area contributed by atoms with Crippen molar-refractivity contribution >= 4 is 40.3 Å². The van der Waals surface area contributed by atoms with Gasteiger partial charge < -0.3 is 29.7 Å². The van der Waals surface area contributed by atoms with Gasteiger partial charge in [-0.2, -0.15) is 15.1 Å². The first kappa shape index (κ1) is 27.2. The van der Waals surface area contributed by atoms with Crippen LogP contribution >= 0.6 is 0 Å². The number of ether oxygens (including phenoxy) is 1. The van der Waals surface area contributed by atoms with Crippen LogP contribution in [0.5, 0.6) is 5.75 Å².